The standard InChI is InChI=1S/C31H38O6/c1-31(2,3)30(33)37-23-28(35-21-25-15-9-5-10-16-25)29(36-22-26-17-11-6-12-18-26)27(19-32)34-20-24-13-7-4-8-14-24/h4-18,27-29,32H,19-23H2,1-3H3/t27-,28+,29-/m0/s1. The number of hydrogen-bond donors (Lipinski definition) is 1. The quantitative estimate of drug-likeness (QED) is 0.298. The van der Waals surface area contributed by atoms with E-state index in [1.165, 1.54) is 0 Å². The fourth-order valence-electron chi connectivity index (χ4n) is 3.64. The maximum atomic E-state index is 12.6. The molecule has 0 aliphatic heterocycles. The summed E-state index contributed by atoms with van der Waals surface area (Å²) in [7, 11) is 0. The zero-order chi connectivity index (χ0) is 26.5. The molecule has 0 bridgehead atoms. The van der Waals surface area contributed by atoms with E-state index in [1.54, 1.807) is 20.8 Å². The first-order chi connectivity index (χ1) is 17.9. The summed E-state index contributed by atoms with van der Waals surface area (Å²) >= 11 is 0. The van der Waals surface area contributed by atoms with Crippen LogP contribution in [0.25, 0.3) is 0 Å². The van der Waals surface area contributed by atoms with Crippen molar-refractivity contribution in [3.8, 4) is 0 Å². The van der Waals surface area contributed by atoms with Gasteiger partial charge in [0.2, 0.25) is 0 Å². The highest BCUT2D eigenvalue weighted by Crippen LogP contribution is 2.21. The fraction of sp³-hybridized carbons (Fsp3) is 0.387. The summed E-state index contributed by atoms with van der Waals surface area (Å²) in [6, 6.07) is 29.3. The molecule has 3 aromatic carbocycles. The van der Waals surface area contributed by atoms with Crippen LogP contribution in [0.2, 0.25) is 0 Å². The summed E-state index contributed by atoms with van der Waals surface area (Å²) < 4.78 is 24.4. The van der Waals surface area contributed by atoms with Gasteiger partial charge in [0.15, 0.2) is 0 Å². The molecule has 0 aromatic heterocycles. The average Bonchev–Trinajstić information content (AvgIpc) is 2.92. The van der Waals surface area contributed by atoms with Crippen molar-refractivity contribution >= 4 is 5.97 Å². The third-order valence-electron chi connectivity index (χ3n) is 5.80. The van der Waals surface area contributed by atoms with Gasteiger partial charge >= 0.3 is 5.97 Å². The third kappa shape index (κ3) is 9.74. The zero-order valence-electron chi connectivity index (χ0n) is 21.9. The van der Waals surface area contributed by atoms with Crippen LogP contribution in [0.5, 0.6) is 0 Å². The Labute approximate surface area is 220 Å². The number of aliphatic hydroxyl groups excluding tert-OH is 1. The summed E-state index contributed by atoms with van der Waals surface area (Å²) in [5.41, 5.74) is 2.26. The molecule has 1 N–H and O–H groups in total. The van der Waals surface area contributed by atoms with Crippen molar-refractivity contribution in [2.24, 2.45) is 5.41 Å². The molecule has 3 rings (SSSR count). The van der Waals surface area contributed by atoms with Crippen molar-refractivity contribution in [1.29, 1.82) is 0 Å². The van der Waals surface area contributed by atoms with Crippen LogP contribution in [0, 0.1) is 5.41 Å². The van der Waals surface area contributed by atoms with Gasteiger partial charge < -0.3 is 24.1 Å². The van der Waals surface area contributed by atoms with Crippen molar-refractivity contribution in [1.82, 2.24) is 0 Å². The van der Waals surface area contributed by atoms with Gasteiger partial charge in [0.05, 0.1) is 31.8 Å². The SMILES string of the molecule is CC(C)(C)C(=O)OC[C@@H](OCc1ccccc1)[C@@H](OCc1ccccc1)[C@H](CO)OCc1ccccc1. The molecule has 6 heteroatoms. The van der Waals surface area contributed by atoms with Crippen molar-refractivity contribution in [3.05, 3.63) is 108 Å². The van der Waals surface area contributed by atoms with E-state index in [1.807, 2.05) is 91.0 Å². The van der Waals surface area contributed by atoms with Crippen LogP contribution < -0.4 is 0 Å². The highest BCUT2D eigenvalue weighted by atomic mass is 16.6. The number of hydrogen-bond acceptors (Lipinski definition) is 6. The fourth-order valence-corrected chi connectivity index (χ4v) is 3.64. The molecule has 198 valence electrons. The third-order valence-corrected chi connectivity index (χ3v) is 5.80. The van der Waals surface area contributed by atoms with Gasteiger partial charge in [-0.2, -0.15) is 0 Å². The van der Waals surface area contributed by atoms with Crippen molar-refractivity contribution in [2.45, 2.75) is 58.9 Å². The number of carbonyl (C=O) groups excluding carboxylic acids is 1. The highest BCUT2D eigenvalue weighted by Gasteiger charge is 2.34. The maximum Gasteiger partial charge on any atom is 0.311 e. The lowest BCUT2D eigenvalue weighted by molar-refractivity contribution is -0.184. The first kappa shape index (κ1) is 28.5. The summed E-state index contributed by atoms with van der Waals surface area (Å²) in [6.07, 6.45) is -2.09. The van der Waals surface area contributed by atoms with Gasteiger partial charge in [0, 0.05) is 0 Å². The summed E-state index contributed by atoms with van der Waals surface area (Å²) in [5.74, 6) is -0.339. The molecular formula is C31H38O6. The van der Waals surface area contributed by atoms with E-state index >= 15 is 0 Å². The van der Waals surface area contributed by atoms with Crippen LogP contribution in [0.1, 0.15) is 37.5 Å². The Morgan fingerprint density at radius 3 is 1.49 bits per heavy atom. The van der Waals surface area contributed by atoms with E-state index in [9.17, 15) is 9.90 Å². The highest BCUT2D eigenvalue weighted by molar-refractivity contribution is 5.75. The summed E-state index contributed by atoms with van der Waals surface area (Å²) in [6.45, 7) is 5.96. The minimum absolute atomic E-state index is 0.0341. The predicted octanol–water partition coefficient (Wildman–Crippen LogP) is 5.32. The lowest BCUT2D eigenvalue weighted by atomic mass is 9.97. The molecule has 37 heavy (non-hydrogen) atoms. The molecule has 0 saturated heterocycles. The van der Waals surface area contributed by atoms with Crippen molar-refractivity contribution in [2.75, 3.05) is 13.2 Å². The summed E-state index contributed by atoms with van der Waals surface area (Å²) in [5, 5.41) is 10.3. The Hall–Kier alpha value is -3.03. The molecule has 0 fully saturated rings. The van der Waals surface area contributed by atoms with Crippen molar-refractivity contribution in [3.63, 3.8) is 0 Å². The molecule has 0 saturated carbocycles. The minimum Gasteiger partial charge on any atom is -0.462 e. The zero-order valence-corrected chi connectivity index (χ0v) is 21.9. The van der Waals surface area contributed by atoms with Gasteiger partial charge in [-0.25, -0.2) is 0 Å². The first-order valence-corrected chi connectivity index (χ1v) is 12.6. The number of ether oxygens (including phenoxy) is 4. The second kappa shape index (κ2) is 14.6. The number of aliphatic hydroxyl groups is 1. The Morgan fingerprint density at radius 2 is 1.08 bits per heavy atom. The maximum absolute atomic E-state index is 12.6. The Balaban J connectivity index is 1.82. The van der Waals surface area contributed by atoms with Gasteiger partial charge in [-0.15, -0.1) is 0 Å². The molecule has 0 aliphatic carbocycles. The normalized spacial score (nSPS) is 14.1. The predicted molar refractivity (Wildman–Crippen MR) is 143 cm³/mol. The topological polar surface area (TPSA) is 74.2 Å². The molecule has 6 nitrogen and oxygen atoms in total. The molecule has 3 aromatic rings. The van der Waals surface area contributed by atoms with E-state index in [-0.39, 0.29) is 25.8 Å². The molecule has 0 unspecified atom stereocenters. The van der Waals surface area contributed by atoms with Crippen LogP contribution in [-0.2, 0) is 43.6 Å². The van der Waals surface area contributed by atoms with Crippen LogP contribution in [-0.4, -0.2) is 42.6 Å². The van der Waals surface area contributed by atoms with Crippen LogP contribution in [0.15, 0.2) is 91.0 Å². The van der Waals surface area contributed by atoms with Gasteiger partial charge in [0.25, 0.3) is 0 Å². The second-order valence-electron chi connectivity index (χ2n) is 9.96. The van der Waals surface area contributed by atoms with Crippen LogP contribution >= 0.6 is 0 Å². The Bertz CT molecular complexity index is 1030. The smallest absolute Gasteiger partial charge is 0.311 e. The molecule has 0 amide bonds. The molecule has 0 heterocycles. The second-order valence-corrected chi connectivity index (χ2v) is 9.96. The molecule has 0 radical (unpaired) electrons. The number of carbonyl (C=O) groups is 1. The number of esters is 1. The van der Waals surface area contributed by atoms with E-state index in [2.05, 4.69) is 0 Å². The van der Waals surface area contributed by atoms with Gasteiger partial charge in [-0.3, -0.25) is 4.79 Å². The lowest BCUT2D eigenvalue weighted by Crippen LogP contribution is -2.47. The molecule has 3 atom stereocenters. The van der Waals surface area contributed by atoms with E-state index in [0.29, 0.717) is 13.2 Å². The largest absolute Gasteiger partial charge is 0.462 e. The van der Waals surface area contributed by atoms with Gasteiger partial charge in [-0.05, 0) is 37.5 Å². The number of benzene rings is 3. The average molecular weight is 507 g/mol. The summed E-state index contributed by atoms with van der Waals surface area (Å²) in [4.78, 5) is 12.6. The number of rotatable bonds is 14. The van der Waals surface area contributed by atoms with E-state index in [0.717, 1.165) is 16.7 Å². The monoisotopic (exact) mass is 506 g/mol. The lowest BCUT2D eigenvalue weighted by Gasteiger charge is -2.33. The molecule has 0 spiro atoms. The minimum atomic E-state index is -0.710. The Kier molecular flexibility index (Phi) is 11.3. The van der Waals surface area contributed by atoms with Crippen LogP contribution in [0.4, 0.5) is 0 Å². The van der Waals surface area contributed by atoms with Gasteiger partial charge in [0.1, 0.15) is 24.9 Å². The van der Waals surface area contributed by atoms with Crippen LogP contribution in [0.3, 0.4) is 0 Å². The molecular weight excluding hydrogens is 468 g/mol. The van der Waals surface area contributed by atoms with Gasteiger partial charge in [-0.1, -0.05) is 91.0 Å². The molecule has 0 aliphatic rings. The first-order valence-electron chi connectivity index (χ1n) is 12.6. The van der Waals surface area contributed by atoms with E-state index in [4.69, 9.17) is 18.9 Å². The van der Waals surface area contributed by atoms with E-state index < -0.39 is 23.7 Å². The Morgan fingerprint density at radius 1 is 0.676 bits per heavy atom. The van der Waals surface area contributed by atoms with Crippen molar-refractivity contribution < 1.29 is 28.8 Å².